The van der Waals surface area contributed by atoms with Crippen LogP contribution >= 0.6 is 0 Å². The van der Waals surface area contributed by atoms with Crippen LogP contribution in [0.25, 0.3) is 0 Å². The van der Waals surface area contributed by atoms with E-state index in [0.29, 0.717) is 35.6 Å². The molecule has 1 amide bonds. The molecule has 1 N–H and O–H groups in total. The van der Waals surface area contributed by atoms with Gasteiger partial charge in [0.1, 0.15) is 5.76 Å². The molecule has 1 aliphatic heterocycles. The Labute approximate surface area is 198 Å². The number of anilines is 2. The van der Waals surface area contributed by atoms with Crippen LogP contribution in [0.15, 0.2) is 76.5 Å². The third-order valence-corrected chi connectivity index (χ3v) is 6.50. The van der Waals surface area contributed by atoms with Gasteiger partial charge in [-0.3, -0.25) is 14.5 Å². The summed E-state index contributed by atoms with van der Waals surface area (Å²) in [5.74, 6) is 1.64. The summed E-state index contributed by atoms with van der Waals surface area (Å²) >= 11 is 0. The number of Topliss-reactive ketones (excluding diaryl/α,β-unsaturated/α-hetero) is 1. The fourth-order valence-corrected chi connectivity index (χ4v) is 5.00. The molecule has 7 heteroatoms. The minimum atomic E-state index is -0.617. The number of methoxy groups -OCH3 is 2. The van der Waals surface area contributed by atoms with Crippen molar-refractivity contribution in [3.63, 3.8) is 0 Å². The molecule has 2 aliphatic rings. The van der Waals surface area contributed by atoms with Gasteiger partial charge in [0.15, 0.2) is 17.3 Å². The molecule has 0 saturated carbocycles. The topological polar surface area (TPSA) is 81.0 Å². The van der Waals surface area contributed by atoms with Crippen LogP contribution < -0.4 is 19.7 Å². The molecular weight excluding hydrogens is 432 g/mol. The number of furan rings is 1. The van der Waals surface area contributed by atoms with Gasteiger partial charge in [-0.25, -0.2) is 0 Å². The monoisotopic (exact) mass is 458 g/mol. The van der Waals surface area contributed by atoms with Gasteiger partial charge in [-0.1, -0.05) is 18.2 Å². The maximum atomic E-state index is 13.7. The molecule has 1 aromatic heterocycles. The molecule has 3 aromatic rings. The van der Waals surface area contributed by atoms with Crippen molar-refractivity contribution >= 4 is 23.1 Å². The lowest BCUT2D eigenvalue weighted by atomic mass is 9.80. The van der Waals surface area contributed by atoms with Gasteiger partial charge in [0.05, 0.1) is 37.9 Å². The number of para-hydroxylation sites is 2. The van der Waals surface area contributed by atoms with Crippen LogP contribution in [0.4, 0.5) is 11.4 Å². The van der Waals surface area contributed by atoms with Crippen molar-refractivity contribution in [3.05, 3.63) is 83.5 Å². The molecule has 2 heterocycles. The molecule has 0 unspecified atom stereocenters. The predicted octanol–water partition coefficient (Wildman–Crippen LogP) is 5.22. The first-order valence-electron chi connectivity index (χ1n) is 11.2. The largest absolute Gasteiger partial charge is 0.493 e. The number of nitrogens with zero attached hydrogens (tertiary/aromatic N) is 1. The zero-order valence-electron chi connectivity index (χ0n) is 19.3. The van der Waals surface area contributed by atoms with Crippen LogP contribution in [0.3, 0.4) is 0 Å². The Kier molecular flexibility index (Phi) is 5.61. The van der Waals surface area contributed by atoms with E-state index in [9.17, 15) is 9.59 Å². The number of hydrogen-bond acceptors (Lipinski definition) is 6. The minimum Gasteiger partial charge on any atom is -0.493 e. The highest BCUT2D eigenvalue weighted by atomic mass is 16.5. The fraction of sp³-hybridized carbons (Fsp3) is 0.259. The number of carbonyl (C=O) groups excluding carboxylic acids is 2. The lowest BCUT2D eigenvalue weighted by Crippen LogP contribution is -2.37. The van der Waals surface area contributed by atoms with E-state index in [4.69, 9.17) is 13.9 Å². The molecule has 0 spiro atoms. The summed E-state index contributed by atoms with van der Waals surface area (Å²) in [7, 11) is 3.14. The van der Waals surface area contributed by atoms with Crippen molar-refractivity contribution in [1.82, 2.24) is 0 Å². The maximum Gasteiger partial charge on any atom is 0.224 e. The van der Waals surface area contributed by atoms with Gasteiger partial charge in [-0.05, 0) is 48.4 Å². The van der Waals surface area contributed by atoms with Crippen LogP contribution in [0.1, 0.15) is 43.0 Å². The quantitative estimate of drug-likeness (QED) is 0.578. The Morgan fingerprint density at radius 1 is 1.03 bits per heavy atom. The second-order valence-corrected chi connectivity index (χ2v) is 8.48. The highest BCUT2D eigenvalue weighted by Crippen LogP contribution is 2.48. The SMILES string of the molecule is COc1ccc([C@H]2C3=C(C[C@@H](c4ccco4)CC3=O)Nc3ccccc3N2C(C)=O)cc1OC. The fourth-order valence-electron chi connectivity index (χ4n) is 5.00. The van der Waals surface area contributed by atoms with Crippen LogP contribution in [-0.4, -0.2) is 25.9 Å². The summed E-state index contributed by atoms with van der Waals surface area (Å²) in [5, 5.41) is 3.49. The van der Waals surface area contributed by atoms with Crippen LogP contribution in [0.5, 0.6) is 11.5 Å². The van der Waals surface area contributed by atoms with Crippen molar-refractivity contribution in [2.24, 2.45) is 0 Å². The molecule has 174 valence electrons. The van der Waals surface area contributed by atoms with Crippen LogP contribution in [0.2, 0.25) is 0 Å². The summed E-state index contributed by atoms with van der Waals surface area (Å²) in [6, 6.07) is 16.3. The highest BCUT2D eigenvalue weighted by Gasteiger charge is 2.41. The van der Waals surface area contributed by atoms with Crippen molar-refractivity contribution in [3.8, 4) is 11.5 Å². The van der Waals surface area contributed by atoms with E-state index in [1.807, 2.05) is 48.5 Å². The summed E-state index contributed by atoms with van der Waals surface area (Å²) in [4.78, 5) is 28.5. The first-order valence-corrected chi connectivity index (χ1v) is 11.2. The van der Waals surface area contributed by atoms with Crippen molar-refractivity contribution in [1.29, 1.82) is 0 Å². The maximum absolute atomic E-state index is 13.7. The summed E-state index contributed by atoms with van der Waals surface area (Å²) in [6.45, 7) is 1.52. The first-order chi connectivity index (χ1) is 16.5. The summed E-state index contributed by atoms with van der Waals surface area (Å²) in [6.07, 6.45) is 2.53. The molecule has 5 rings (SSSR count). The van der Waals surface area contributed by atoms with E-state index < -0.39 is 6.04 Å². The number of carbonyl (C=O) groups is 2. The Morgan fingerprint density at radius 3 is 2.53 bits per heavy atom. The van der Waals surface area contributed by atoms with Crippen LogP contribution in [0, 0.1) is 0 Å². The van der Waals surface area contributed by atoms with Crippen molar-refractivity contribution < 1.29 is 23.5 Å². The summed E-state index contributed by atoms with van der Waals surface area (Å²) < 4.78 is 16.6. The number of rotatable bonds is 4. The van der Waals surface area contributed by atoms with Gasteiger partial charge < -0.3 is 19.2 Å². The van der Waals surface area contributed by atoms with Crippen molar-refractivity contribution in [2.75, 3.05) is 24.4 Å². The molecule has 7 nitrogen and oxygen atoms in total. The highest BCUT2D eigenvalue weighted by molar-refractivity contribution is 6.06. The van der Waals surface area contributed by atoms with Crippen LogP contribution in [-0.2, 0) is 9.59 Å². The molecular formula is C27H26N2O5. The standard InChI is InChI=1S/C27H26N2O5/c1-16(30)29-21-8-5-4-7-19(21)28-20-13-18(23-9-6-12-34-23)14-22(31)26(20)27(29)17-10-11-24(32-2)25(15-17)33-3/h4-12,15,18,27-28H,13-14H2,1-3H3/t18-,27+/m1/s1. The molecule has 34 heavy (non-hydrogen) atoms. The number of nitrogens with one attached hydrogen (secondary N) is 1. The number of amides is 1. The molecule has 0 saturated heterocycles. The number of ether oxygens (including phenoxy) is 2. The molecule has 0 fully saturated rings. The number of fused-ring (bicyclic) bond motifs is 1. The normalized spacial score (nSPS) is 19.6. The summed E-state index contributed by atoms with van der Waals surface area (Å²) in [5.41, 5.74) is 3.64. The van der Waals surface area contributed by atoms with E-state index in [1.165, 1.54) is 6.92 Å². The molecule has 1 aliphatic carbocycles. The third-order valence-electron chi connectivity index (χ3n) is 6.50. The Bertz CT molecular complexity index is 1280. The minimum absolute atomic E-state index is 0.0195. The predicted molar refractivity (Wildman–Crippen MR) is 128 cm³/mol. The second kappa shape index (κ2) is 8.74. The van der Waals surface area contributed by atoms with Gasteiger partial charge in [-0.2, -0.15) is 0 Å². The number of benzene rings is 2. The third kappa shape index (κ3) is 3.63. The molecule has 0 bridgehead atoms. The Hall–Kier alpha value is -4.00. The van der Waals surface area contributed by atoms with Gasteiger partial charge >= 0.3 is 0 Å². The smallest absolute Gasteiger partial charge is 0.224 e. The van der Waals surface area contributed by atoms with Gasteiger partial charge in [-0.15, -0.1) is 0 Å². The average molecular weight is 459 g/mol. The average Bonchev–Trinajstić information content (AvgIpc) is 3.33. The van der Waals surface area contributed by atoms with Gasteiger partial charge in [0.25, 0.3) is 0 Å². The van der Waals surface area contributed by atoms with E-state index in [0.717, 1.165) is 22.7 Å². The van der Waals surface area contributed by atoms with Gasteiger partial charge in [0.2, 0.25) is 5.91 Å². The van der Waals surface area contributed by atoms with E-state index >= 15 is 0 Å². The lowest BCUT2D eigenvalue weighted by Gasteiger charge is -2.34. The number of ketones is 1. The van der Waals surface area contributed by atoms with E-state index in [1.54, 1.807) is 31.4 Å². The van der Waals surface area contributed by atoms with Crippen molar-refractivity contribution in [2.45, 2.75) is 31.7 Å². The Balaban J connectivity index is 1.73. The number of allylic oxidation sites excluding steroid dienone is 1. The zero-order chi connectivity index (χ0) is 23.8. The molecule has 2 atom stereocenters. The number of hydrogen-bond donors (Lipinski definition) is 1. The van der Waals surface area contributed by atoms with Gasteiger partial charge in [0, 0.05) is 30.5 Å². The lowest BCUT2D eigenvalue weighted by molar-refractivity contribution is -0.117. The molecule has 2 aromatic carbocycles. The molecule has 0 radical (unpaired) electrons. The second-order valence-electron chi connectivity index (χ2n) is 8.48. The first kappa shape index (κ1) is 21.8. The Morgan fingerprint density at radius 2 is 1.82 bits per heavy atom. The van der Waals surface area contributed by atoms with E-state index in [-0.39, 0.29) is 17.6 Å². The zero-order valence-corrected chi connectivity index (χ0v) is 19.3. The van der Waals surface area contributed by atoms with E-state index in [2.05, 4.69) is 5.32 Å².